The largest absolute Gasteiger partial charge is 0.381 e. The molecule has 1 aliphatic rings. The summed E-state index contributed by atoms with van der Waals surface area (Å²) in [5.74, 6) is 0.0488. The maximum absolute atomic E-state index is 12.5. The van der Waals surface area contributed by atoms with Crippen LogP contribution >= 0.6 is 0 Å². The molecule has 7 nitrogen and oxygen atoms in total. The van der Waals surface area contributed by atoms with Crippen LogP contribution in [-0.2, 0) is 17.1 Å². The van der Waals surface area contributed by atoms with Crippen molar-refractivity contribution in [3.63, 3.8) is 0 Å². The molecule has 0 bridgehead atoms. The van der Waals surface area contributed by atoms with E-state index in [1.54, 1.807) is 14.0 Å². The Balaban J connectivity index is 2.06. The number of aromatic nitrogens is 2. The molecule has 1 aromatic rings. The summed E-state index contributed by atoms with van der Waals surface area (Å²) in [4.78, 5) is 2.39. The lowest BCUT2D eigenvalue weighted by molar-refractivity contribution is 0.215. The van der Waals surface area contributed by atoms with Crippen molar-refractivity contribution in [1.29, 1.82) is 0 Å². The maximum atomic E-state index is 12.5. The topological polar surface area (TPSA) is 93.2 Å². The predicted octanol–water partition coefficient (Wildman–Crippen LogP) is 0.463. The Kier molecular flexibility index (Phi) is 4.90. The minimum atomic E-state index is -3.64. The molecule has 0 aromatic carbocycles. The molecule has 0 spiro atoms. The minimum Gasteiger partial charge on any atom is -0.381 e. The number of nitrogen functional groups attached to an aromatic ring is 1. The van der Waals surface area contributed by atoms with E-state index >= 15 is 0 Å². The third kappa shape index (κ3) is 3.75. The summed E-state index contributed by atoms with van der Waals surface area (Å²) in [7, 11) is -1.95. The summed E-state index contributed by atoms with van der Waals surface area (Å²) in [6.45, 7) is 6.39. The van der Waals surface area contributed by atoms with Crippen LogP contribution in [0.2, 0.25) is 0 Å². The molecule has 1 saturated heterocycles. The zero-order valence-electron chi connectivity index (χ0n) is 13.0. The molecule has 0 aliphatic carbocycles. The van der Waals surface area contributed by atoms with Crippen LogP contribution in [0.15, 0.2) is 4.90 Å². The van der Waals surface area contributed by atoms with E-state index in [-0.39, 0.29) is 16.8 Å². The van der Waals surface area contributed by atoms with E-state index in [0.717, 1.165) is 19.6 Å². The summed E-state index contributed by atoms with van der Waals surface area (Å²) in [6.07, 6.45) is 3.64. The second-order valence-corrected chi connectivity index (χ2v) is 7.46. The van der Waals surface area contributed by atoms with Gasteiger partial charge in [-0.05, 0) is 39.8 Å². The number of aryl methyl sites for hydroxylation is 1. The van der Waals surface area contributed by atoms with Crippen LogP contribution in [0.5, 0.6) is 0 Å². The number of nitrogens with one attached hydrogen (secondary N) is 1. The first-order valence-corrected chi connectivity index (χ1v) is 8.83. The Morgan fingerprint density at radius 2 is 1.95 bits per heavy atom. The fourth-order valence-electron chi connectivity index (χ4n) is 2.84. The number of hydrogen-bond donors (Lipinski definition) is 2. The van der Waals surface area contributed by atoms with Gasteiger partial charge in [-0.15, -0.1) is 0 Å². The van der Waals surface area contributed by atoms with Gasteiger partial charge in [0.25, 0.3) is 0 Å². The lowest BCUT2D eigenvalue weighted by atomic mass is 10.1. The van der Waals surface area contributed by atoms with Gasteiger partial charge in [-0.3, -0.25) is 4.68 Å². The first kappa shape index (κ1) is 16.3. The van der Waals surface area contributed by atoms with E-state index in [2.05, 4.69) is 14.7 Å². The van der Waals surface area contributed by atoms with Crippen molar-refractivity contribution < 1.29 is 8.42 Å². The molecule has 1 atom stereocenters. The highest BCUT2D eigenvalue weighted by molar-refractivity contribution is 7.89. The average molecular weight is 315 g/mol. The number of sulfonamides is 1. The molecule has 120 valence electrons. The third-order valence-corrected chi connectivity index (χ3v) is 5.66. The Hall–Kier alpha value is -1.12. The van der Waals surface area contributed by atoms with Crippen molar-refractivity contribution in [2.24, 2.45) is 7.05 Å². The second-order valence-electron chi connectivity index (χ2n) is 5.81. The number of nitrogens with zero attached hydrogens (tertiary/aromatic N) is 3. The van der Waals surface area contributed by atoms with Gasteiger partial charge in [0.1, 0.15) is 4.90 Å². The van der Waals surface area contributed by atoms with Crippen LogP contribution in [0.1, 0.15) is 31.9 Å². The Morgan fingerprint density at radius 3 is 2.48 bits per heavy atom. The van der Waals surface area contributed by atoms with Crippen molar-refractivity contribution in [3.05, 3.63) is 5.69 Å². The molecular formula is C13H25N5O2S. The number of piperidine rings is 1. The summed E-state index contributed by atoms with van der Waals surface area (Å²) in [5, 5.41) is 3.96. The van der Waals surface area contributed by atoms with E-state index in [4.69, 9.17) is 5.73 Å². The molecule has 2 rings (SSSR count). The Labute approximate surface area is 126 Å². The lowest BCUT2D eigenvalue weighted by Gasteiger charge is -2.29. The Bertz CT molecular complexity index is 590. The van der Waals surface area contributed by atoms with Crippen molar-refractivity contribution >= 4 is 15.8 Å². The summed E-state index contributed by atoms with van der Waals surface area (Å²) < 4.78 is 29.1. The maximum Gasteiger partial charge on any atom is 0.246 e. The van der Waals surface area contributed by atoms with Gasteiger partial charge in [0.05, 0.1) is 5.69 Å². The lowest BCUT2D eigenvalue weighted by Crippen LogP contribution is -2.43. The van der Waals surface area contributed by atoms with Crippen molar-refractivity contribution in [2.45, 2.75) is 44.0 Å². The van der Waals surface area contributed by atoms with E-state index in [1.807, 2.05) is 6.92 Å². The van der Waals surface area contributed by atoms with Crippen LogP contribution in [0.3, 0.4) is 0 Å². The Morgan fingerprint density at radius 1 is 1.33 bits per heavy atom. The summed E-state index contributed by atoms with van der Waals surface area (Å²) >= 11 is 0. The first-order chi connectivity index (χ1) is 9.81. The van der Waals surface area contributed by atoms with E-state index < -0.39 is 10.0 Å². The molecule has 0 amide bonds. The van der Waals surface area contributed by atoms with E-state index in [9.17, 15) is 8.42 Å². The molecular weight excluding hydrogens is 290 g/mol. The van der Waals surface area contributed by atoms with Gasteiger partial charge in [0.2, 0.25) is 10.0 Å². The highest BCUT2D eigenvalue weighted by Gasteiger charge is 2.26. The van der Waals surface area contributed by atoms with Gasteiger partial charge < -0.3 is 10.6 Å². The van der Waals surface area contributed by atoms with Crippen LogP contribution < -0.4 is 10.5 Å². The second kappa shape index (κ2) is 6.33. The molecule has 1 fully saturated rings. The van der Waals surface area contributed by atoms with Crippen LogP contribution in [0.4, 0.5) is 5.82 Å². The summed E-state index contributed by atoms with van der Waals surface area (Å²) in [6, 6.07) is -0.160. The number of anilines is 1. The van der Waals surface area contributed by atoms with Gasteiger partial charge in [0.15, 0.2) is 5.82 Å². The number of nitrogens with two attached hydrogens (primary N) is 1. The van der Waals surface area contributed by atoms with Crippen molar-refractivity contribution in [1.82, 2.24) is 19.4 Å². The molecule has 0 radical (unpaired) electrons. The average Bonchev–Trinajstić information content (AvgIpc) is 2.63. The molecule has 8 heteroatoms. The van der Waals surface area contributed by atoms with Gasteiger partial charge >= 0.3 is 0 Å². The van der Waals surface area contributed by atoms with Crippen molar-refractivity contribution in [3.8, 4) is 0 Å². The fourth-order valence-corrected chi connectivity index (χ4v) is 4.40. The molecule has 1 unspecified atom stereocenters. The normalized spacial score (nSPS) is 18.8. The van der Waals surface area contributed by atoms with Crippen LogP contribution in [0, 0.1) is 6.92 Å². The quantitative estimate of drug-likeness (QED) is 0.823. The highest BCUT2D eigenvalue weighted by Crippen LogP contribution is 2.21. The number of rotatable bonds is 5. The zero-order valence-corrected chi connectivity index (χ0v) is 13.8. The van der Waals surface area contributed by atoms with E-state index in [0.29, 0.717) is 5.69 Å². The highest BCUT2D eigenvalue weighted by atomic mass is 32.2. The molecule has 1 aliphatic heterocycles. The number of likely N-dealkylation sites (tertiary alicyclic amines) is 1. The SMILES string of the molecule is Cc1c(S(=O)(=O)NC(C)CN2CCCCC2)c(N)nn1C. The van der Waals surface area contributed by atoms with Gasteiger partial charge in [-0.25, -0.2) is 13.1 Å². The molecule has 1 aromatic heterocycles. The molecule has 2 heterocycles. The monoisotopic (exact) mass is 315 g/mol. The standard InChI is InChI=1S/C13H25N5O2S/c1-10(9-18-7-5-4-6-8-18)16-21(19,20)12-11(2)17(3)15-13(12)14/h10,16H,4-9H2,1-3H3,(H2,14,15). The van der Waals surface area contributed by atoms with Crippen LogP contribution in [-0.4, -0.2) is 48.8 Å². The summed E-state index contributed by atoms with van der Waals surface area (Å²) in [5.41, 5.74) is 6.27. The van der Waals surface area contributed by atoms with Gasteiger partial charge in [0, 0.05) is 19.6 Å². The van der Waals surface area contributed by atoms with Crippen molar-refractivity contribution in [2.75, 3.05) is 25.4 Å². The smallest absolute Gasteiger partial charge is 0.246 e. The zero-order chi connectivity index (χ0) is 15.6. The minimum absolute atomic E-state index is 0.0488. The van der Waals surface area contributed by atoms with Gasteiger partial charge in [-0.2, -0.15) is 5.10 Å². The third-order valence-electron chi connectivity index (χ3n) is 3.91. The van der Waals surface area contributed by atoms with Crippen LogP contribution in [0.25, 0.3) is 0 Å². The van der Waals surface area contributed by atoms with E-state index in [1.165, 1.54) is 23.9 Å². The molecule has 3 N–H and O–H groups in total. The molecule has 21 heavy (non-hydrogen) atoms. The number of hydrogen-bond acceptors (Lipinski definition) is 5. The first-order valence-electron chi connectivity index (χ1n) is 7.35. The fraction of sp³-hybridized carbons (Fsp3) is 0.769. The molecule has 0 saturated carbocycles. The van der Waals surface area contributed by atoms with Gasteiger partial charge in [-0.1, -0.05) is 6.42 Å². The predicted molar refractivity (Wildman–Crippen MR) is 82.4 cm³/mol.